The maximum atomic E-state index is 12.2. The van der Waals surface area contributed by atoms with Crippen molar-refractivity contribution < 1.29 is 4.79 Å². The minimum atomic E-state index is 0.0364. The van der Waals surface area contributed by atoms with E-state index in [1.54, 1.807) is 30.2 Å². The molecule has 4 heterocycles. The molecule has 1 fully saturated rings. The van der Waals surface area contributed by atoms with Crippen molar-refractivity contribution in [2.75, 3.05) is 11.9 Å². The molecule has 36 heavy (non-hydrogen) atoms. The van der Waals surface area contributed by atoms with Gasteiger partial charge in [-0.2, -0.15) is 0 Å². The first kappa shape index (κ1) is 23.5. The van der Waals surface area contributed by atoms with Gasteiger partial charge in [-0.15, -0.1) is 5.10 Å². The van der Waals surface area contributed by atoms with Crippen LogP contribution in [0.25, 0.3) is 22.6 Å². The Labute approximate surface area is 209 Å². The van der Waals surface area contributed by atoms with E-state index in [0.29, 0.717) is 29.6 Å². The highest BCUT2D eigenvalue weighted by Crippen LogP contribution is 2.33. The molecule has 5 rings (SSSR count). The summed E-state index contributed by atoms with van der Waals surface area (Å²) in [5.41, 5.74) is 5.11. The third-order valence-electron chi connectivity index (χ3n) is 6.70. The SMILES string of the molecule is CC(=O)N1C[C@H](c2nc(Nc3cccc(-c4cn(C)nn4)c3C)cc(-c3cnccn3)n2)CC[C@@H]1C. The predicted molar refractivity (Wildman–Crippen MR) is 136 cm³/mol. The Morgan fingerprint density at radius 3 is 2.69 bits per heavy atom. The Balaban J connectivity index is 1.53. The van der Waals surface area contributed by atoms with E-state index in [1.165, 1.54) is 0 Å². The fraction of sp³-hybridized carbons (Fsp3) is 0.346. The van der Waals surface area contributed by atoms with Gasteiger partial charge >= 0.3 is 0 Å². The quantitative estimate of drug-likeness (QED) is 0.455. The Hall–Kier alpha value is -4.21. The van der Waals surface area contributed by atoms with E-state index in [4.69, 9.17) is 9.97 Å². The number of hydrogen-bond donors (Lipinski definition) is 1. The lowest BCUT2D eigenvalue weighted by Crippen LogP contribution is -2.44. The summed E-state index contributed by atoms with van der Waals surface area (Å²) in [5.74, 6) is 1.47. The van der Waals surface area contributed by atoms with Crippen LogP contribution in [-0.4, -0.2) is 58.3 Å². The lowest BCUT2D eigenvalue weighted by atomic mass is 9.92. The number of aromatic nitrogens is 7. The minimum absolute atomic E-state index is 0.0364. The molecule has 0 unspecified atom stereocenters. The number of aryl methyl sites for hydroxylation is 1. The van der Waals surface area contributed by atoms with Crippen molar-refractivity contribution in [2.45, 2.75) is 45.6 Å². The van der Waals surface area contributed by atoms with Crippen molar-refractivity contribution in [3.8, 4) is 22.6 Å². The minimum Gasteiger partial charge on any atom is -0.340 e. The smallest absolute Gasteiger partial charge is 0.219 e. The van der Waals surface area contributed by atoms with Gasteiger partial charge in [0, 0.05) is 62.2 Å². The molecule has 1 N–H and O–H groups in total. The third kappa shape index (κ3) is 4.79. The number of carbonyl (C=O) groups is 1. The molecule has 184 valence electrons. The molecule has 0 radical (unpaired) electrons. The van der Waals surface area contributed by atoms with Crippen LogP contribution < -0.4 is 5.32 Å². The van der Waals surface area contributed by atoms with Crippen LogP contribution in [0.2, 0.25) is 0 Å². The molecule has 1 aromatic carbocycles. The molecule has 1 aliphatic heterocycles. The van der Waals surface area contributed by atoms with Gasteiger partial charge in [-0.05, 0) is 38.3 Å². The number of nitrogens with zero attached hydrogens (tertiary/aromatic N) is 8. The van der Waals surface area contributed by atoms with Gasteiger partial charge < -0.3 is 10.2 Å². The number of piperidine rings is 1. The molecular weight excluding hydrogens is 454 g/mol. The molecule has 4 aromatic rings. The molecule has 1 aliphatic rings. The van der Waals surface area contributed by atoms with E-state index in [1.807, 2.05) is 49.3 Å². The van der Waals surface area contributed by atoms with Crippen molar-refractivity contribution in [1.29, 1.82) is 0 Å². The maximum absolute atomic E-state index is 12.2. The van der Waals surface area contributed by atoms with Crippen LogP contribution in [0.15, 0.2) is 49.1 Å². The Bertz CT molecular complexity index is 1390. The lowest BCUT2D eigenvalue weighted by Gasteiger charge is -2.37. The van der Waals surface area contributed by atoms with Gasteiger partial charge in [0.1, 0.15) is 23.0 Å². The Morgan fingerprint density at radius 2 is 1.97 bits per heavy atom. The summed E-state index contributed by atoms with van der Waals surface area (Å²) in [6.07, 6.45) is 8.70. The number of carbonyl (C=O) groups excluding carboxylic acids is 1. The summed E-state index contributed by atoms with van der Waals surface area (Å²) in [7, 11) is 1.85. The summed E-state index contributed by atoms with van der Waals surface area (Å²) in [5, 5.41) is 11.8. The first-order chi connectivity index (χ1) is 17.4. The molecule has 10 heteroatoms. The van der Waals surface area contributed by atoms with E-state index in [9.17, 15) is 4.79 Å². The number of benzene rings is 1. The zero-order valence-corrected chi connectivity index (χ0v) is 20.9. The van der Waals surface area contributed by atoms with Gasteiger partial charge in [0.15, 0.2) is 0 Å². The topological polar surface area (TPSA) is 115 Å². The third-order valence-corrected chi connectivity index (χ3v) is 6.70. The monoisotopic (exact) mass is 483 g/mol. The van der Waals surface area contributed by atoms with Crippen LogP contribution in [0, 0.1) is 6.92 Å². The van der Waals surface area contributed by atoms with Crippen molar-refractivity contribution >= 4 is 17.4 Å². The van der Waals surface area contributed by atoms with Crippen molar-refractivity contribution in [3.05, 3.63) is 60.4 Å². The molecule has 0 spiro atoms. The molecule has 3 aromatic heterocycles. The van der Waals surface area contributed by atoms with Crippen LogP contribution in [-0.2, 0) is 11.8 Å². The molecule has 10 nitrogen and oxygen atoms in total. The molecule has 2 atom stereocenters. The van der Waals surface area contributed by atoms with Crippen molar-refractivity contribution in [1.82, 2.24) is 39.8 Å². The van der Waals surface area contributed by atoms with E-state index < -0.39 is 0 Å². The molecule has 0 bridgehead atoms. The van der Waals surface area contributed by atoms with Gasteiger partial charge in [0.05, 0.1) is 18.1 Å². The van der Waals surface area contributed by atoms with Crippen LogP contribution in [0.1, 0.15) is 44.0 Å². The summed E-state index contributed by atoms with van der Waals surface area (Å²) in [4.78, 5) is 32.6. The highest BCUT2D eigenvalue weighted by Gasteiger charge is 2.30. The van der Waals surface area contributed by atoms with E-state index >= 15 is 0 Å². The summed E-state index contributed by atoms with van der Waals surface area (Å²) >= 11 is 0. The van der Waals surface area contributed by atoms with E-state index in [0.717, 1.165) is 35.3 Å². The number of likely N-dealkylation sites (tertiary alicyclic amines) is 1. The van der Waals surface area contributed by atoms with Crippen LogP contribution in [0.5, 0.6) is 0 Å². The average Bonchev–Trinajstić information content (AvgIpc) is 3.31. The first-order valence-electron chi connectivity index (χ1n) is 12.0. The fourth-order valence-electron chi connectivity index (χ4n) is 4.69. The fourth-order valence-corrected chi connectivity index (χ4v) is 4.69. The second kappa shape index (κ2) is 9.80. The molecule has 1 amide bonds. The average molecular weight is 484 g/mol. The first-order valence-corrected chi connectivity index (χ1v) is 12.0. The highest BCUT2D eigenvalue weighted by atomic mass is 16.2. The Kier molecular flexibility index (Phi) is 6.41. The molecule has 0 saturated carbocycles. The summed E-state index contributed by atoms with van der Waals surface area (Å²) in [6.45, 7) is 6.36. The standard InChI is InChI=1S/C26H29N9O/c1-16-8-9-19(14-35(16)18(3)36)26-30-22(23-13-27-10-11-28-23)12-25(31-26)29-21-7-5-6-20(17(21)2)24-15-34(4)33-32-24/h5-7,10-13,15-16,19H,8-9,14H2,1-4H3,(H,29,30,31)/t16-,19+/m0/s1. The number of amides is 1. The largest absolute Gasteiger partial charge is 0.340 e. The normalized spacial score (nSPS) is 17.7. The summed E-state index contributed by atoms with van der Waals surface area (Å²) in [6, 6.07) is 8.12. The zero-order chi connectivity index (χ0) is 25.2. The van der Waals surface area contributed by atoms with Gasteiger partial charge in [-0.3, -0.25) is 19.4 Å². The van der Waals surface area contributed by atoms with Crippen molar-refractivity contribution in [3.63, 3.8) is 0 Å². The van der Waals surface area contributed by atoms with Crippen LogP contribution >= 0.6 is 0 Å². The summed E-state index contributed by atoms with van der Waals surface area (Å²) < 4.78 is 1.69. The molecular formula is C26H29N9O. The predicted octanol–water partition coefficient (Wildman–Crippen LogP) is 3.90. The second-order valence-corrected chi connectivity index (χ2v) is 9.26. The van der Waals surface area contributed by atoms with Crippen LogP contribution in [0.3, 0.4) is 0 Å². The van der Waals surface area contributed by atoms with Crippen LogP contribution in [0.4, 0.5) is 11.5 Å². The number of anilines is 2. The van der Waals surface area contributed by atoms with Gasteiger partial charge in [-0.25, -0.2) is 9.97 Å². The Morgan fingerprint density at radius 1 is 1.11 bits per heavy atom. The van der Waals surface area contributed by atoms with Gasteiger partial charge in [0.25, 0.3) is 0 Å². The molecule has 1 saturated heterocycles. The van der Waals surface area contributed by atoms with E-state index in [-0.39, 0.29) is 17.9 Å². The number of hydrogen-bond acceptors (Lipinski definition) is 8. The number of rotatable bonds is 5. The van der Waals surface area contributed by atoms with E-state index in [2.05, 4.69) is 32.5 Å². The lowest BCUT2D eigenvalue weighted by molar-refractivity contribution is -0.132. The zero-order valence-electron chi connectivity index (χ0n) is 20.9. The number of nitrogens with one attached hydrogen (secondary N) is 1. The highest BCUT2D eigenvalue weighted by molar-refractivity contribution is 5.75. The van der Waals surface area contributed by atoms with Crippen molar-refractivity contribution in [2.24, 2.45) is 7.05 Å². The maximum Gasteiger partial charge on any atom is 0.219 e. The second-order valence-electron chi connectivity index (χ2n) is 9.26. The van der Waals surface area contributed by atoms with Gasteiger partial charge in [0.2, 0.25) is 5.91 Å². The van der Waals surface area contributed by atoms with Gasteiger partial charge in [-0.1, -0.05) is 17.3 Å². The molecule has 0 aliphatic carbocycles.